The molecule has 10 nitrogen and oxygen atoms in total. The fourth-order valence-corrected chi connectivity index (χ4v) is 4.36. The summed E-state index contributed by atoms with van der Waals surface area (Å²) in [6.07, 6.45) is 1.27. The number of carbonyl (C=O) groups excluding carboxylic acids is 4. The van der Waals surface area contributed by atoms with E-state index in [1.807, 2.05) is 0 Å². The largest absolute Gasteiger partial charge is 0.495 e. The van der Waals surface area contributed by atoms with Crippen LogP contribution in [0.3, 0.4) is 0 Å². The molecule has 0 atom stereocenters. The van der Waals surface area contributed by atoms with Gasteiger partial charge in [0, 0.05) is 5.02 Å². The van der Waals surface area contributed by atoms with Crippen LogP contribution in [-0.2, 0) is 14.4 Å². The maximum absolute atomic E-state index is 13.3. The Balaban J connectivity index is 1.58. The molecule has 1 aliphatic rings. The molecule has 4 rings (SSSR count). The van der Waals surface area contributed by atoms with Crippen LogP contribution < -0.4 is 29.7 Å². The smallest absolute Gasteiger partial charge is 0.335 e. The highest BCUT2D eigenvalue weighted by Gasteiger charge is 2.37. The van der Waals surface area contributed by atoms with Gasteiger partial charge in [-0.3, -0.25) is 19.7 Å². The molecule has 3 aromatic carbocycles. The lowest BCUT2D eigenvalue weighted by atomic mass is 10.1. The zero-order valence-electron chi connectivity index (χ0n) is 21.5. The molecule has 0 aliphatic carbocycles. The first kappa shape index (κ1) is 28.5. The highest BCUT2D eigenvalue weighted by molar-refractivity contribution is 6.40. The minimum Gasteiger partial charge on any atom is -0.495 e. The topological polar surface area (TPSA) is 123 Å². The van der Waals surface area contributed by atoms with Crippen LogP contribution in [0.15, 0.2) is 60.2 Å². The van der Waals surface area contributed by atoms with Crippen LogP contribution >= 0.6 is 23.2 Å². The van der Waals surface area contributed by atoms with Crippen molar-refractivity contribution in [3.8, 4) is 17.2 Å². The number of anilines is 2. The molecule has 0 saturated carbocycles. The molecule has 0 bridgehead atoms. The summed E-state index contributed by atoms with van der Waals surface area (Å²) < 4.78 is 16.2. The maximum Gasteiger partial charge on any atom is 0.335 e. The molecule has 3 aromatic rings. The SMILES string of the molecule is COc1ccccc1NC(=O)COc1c(Cl)cc(/C=C2/C(=O)NC(=O)N(c3cccc(Cl)c3C)C2=O)cc1OC. The van der Waals surface area contributed by atoms with Crippen LogP contribution in [0, 0.1) is 6.92 Å². The molecule has 0 aromatic heterocycles. The van der Waals surface area contributed by atoms with Gasteiger partial charge in [0.05, 0.1) is 30.6 Å². The van der Waals surface area contributed by atoms with E-state index in [1.54, 1.807) is 49.4 Å². The lowest BCUT2D eigenvalue weighted by molar-refractivity contribution is -0.122. The van der Waals surface area contributed by atoms with Gasteiger partial charge >= 0.3 is 6.03 Å². The van der Waals surface area contributed by atoms with Gasteiger partial charge in [-0.15, -0.1) is 0 Å². The molecule has 1 heterocycles. The minimum absolute atomic E-state index is 0.0542. The van der Waals surface area contributed by atoms with Crippen LogP contribution in [0.1, 0.15) is 11.1 Å². The third kappa shape index (κ3) is 5.88. The molecule has 206 valence electrons. The van der Waals surface area contributed by atoms with Crippen molar-refractivity contribution >= 4 is 64.4 Å². The van der Waals surface area contributed by atoms with E-state index in [9.17, 15) is 19.2 Å². The van der Waals surface area contributed by atoms with E-state index in [4.69, 9.17) is 37.4 Å². The second kappa shape index (κ2) is 12.1. The van der Waals surface area contributed by atoms with Gasteiger partial charge in [-0.25, -0.2) is 9.69 Å². The number of halogens is 2. The van der Waals surface area contributed by atoms with Gasteiger partial charge in [-0.05, 0) is 60.5 Å². The van der Waals surface area contributed by atoms with Crippen LogP contribution in [0.5, 0.6) is 17.2 Å². The summed E-state index contributed by atoms with van der Waals surface area (Å²) in [7, 11) is 2.85. The van der Waals surface area contributed by atoms with E-state index in [1.165, 1.54) is 32.4 Å². The number of urea groups is 1. The summed E-state index contributed by atoms with van der Waals surface area (Å²) in [5.41, 5.74) is 1.18. The normalized spacial score (nSPS) is 14.2. The quantitative estimate of drug-likeness (QED) is 0.282. The Labute approximate surface area is 239 Å². The number of methoxy groups -OCH3 is 2. The number of amides is 5. The molecule has 5 amide bonds. The van der Waals surface area contributed by atoms with Gasteiger partial charge < -0.3 is 19.5 Å². The lowest BCUT2D eigenvalue weighted by Gasteiger charge is -2.27. The summed E-state index contributed by atoms with van der Waals surface area (Å²) >= 11 is 12.6. The van der Waals surface area contributed by atoms with Crippen molar-refractivity contribution in [2.24, 2.45) is 0 Å². The van der Waals surface area contributed by atoms with Crippen molar-refractivity contribution in [3.05, 3.63) is 81.3 Å². The van der Waals surface area contributed by atoms with E-state index < -0.39 is 30.4 Å². The van der Waals surface area contributed by atoms with Crippen LogP contribution in [0.2, 0.25) is 10.0 Å². The second-order valence-electron chi connectivity index (χ2n) is 8.41. The zero-order valence-corrected chi connectivity index (χ0v) is 23.1. The number of barbiturate groups is 1. The number of imide groups is 2. The van der Waals surface area contributed by atoms with Crippen LogP contribution in [0.25, 0.3) is 6.08 Å². The maximum atomic E-state index is 13.3. The zero-order chi connectivity index (χ0) is 29.0. The fraction of sp³-hybridized carbons (Fsp3) is 0.143. The van der Waals surface area contributed by atoms with Crippen molar-refractivity contribution in [2.75, 3.05) is 31.0 Å². The average molecular weight is 584 g/mol. The first-order chi connectivity index (χ1) is 19.1. The van der Waals surface area contributed by atoms with Crippen molar-refractivity contribution < 1.29 is 33.4 Å². The van der Waals surface area contributed by atoms with Crippen molar-refractivity contribution in [1.29, 1.82) is 0 Å². The third-order valence-electron chi connectivity index (χ3n) is 5.87. The summed E-state index contributed by atoms with van der Waals surface area (Å²) in [4.78, 5) is 51.8. The van der Waals surface area contributed by atoms with Gasteiger partial charge in [0.2, 0.25) is 0 Å². The summed E-state index contributed by atoms with van der Waals surface area (Å²) in [5, 5.41) is 5.26. The Kier molecular flexibility index (Phi) is 8.61. The predicted octanol–water partition coefficient (Wildman–Crippen LogP) is 5.00. The number of hydrogen-bond acceptors (Lipinski definition) is 7. The van der Waals surface area contributed by atoms with Crippen molar-refractivity contribution in [2.45, 2.75) is 6.92 Å². The Hall–Kier alpha value is -4.54. The molecule has 0 radical (unpaired) electrons. The molecule has 40 heavy (non-hydrogen) atoms. The van der Waals surface area contributed by atoms with Crippen LogP contribution in [-0.4, -0.2) is 44.6 Å². The van der Waals surface area contributed by atoms with E-state index in [2.05, 4.69) is 10.6 Å². The van der Waals surface area contributed by atoms with E-state index in [0.29, 0.717) is 27.6 Å². The summed E-state index contributed by atoms with van der Waals surface area (Å²) in [6, 6.07) is 13.6. The number of nitrogens with zero attached hydrogens (tertiary/aromatic N) is 1. The summed E-state index contributed by atoms with van der Waals surface area (Å²) in [5.74, 6) is -1.49. The highest BCUT2D eigenvalue weighted by Crippen LogP contribution is 2.38. The Morgan fingerprint density at radius 2 is 1.70 bits per heavy atom. The number of benzene rings is 3. The molecule has 1 saturated heterocycles. The minimum atomic E-state index is -0.900. The first-order valence-electron chi connectivity index (χ1n) is 11.7. The lowest BCUT2D eigenvalue weighted by Crippen LogP contribution is -2.54. The third-order valence-corrected chi connectivity index (χ3v) is 6.56. The van der Waals surface area contributed by atoms with Crippen LogP contribution in [0.4, 0.5) is 16.2 Å². The number of carbonyl (C=O) groups is 4. The molecule has 12 heteroatoms. The Bertz CT molecular complexity index is 1550. The van der Waals surface area contributed by atoms with Gasteiger partial charge in [-0.2, -0.15) is 0 Å². The number of para-hydroxylation sites is 2. The standard InChI is InChI=1S/C28H23Cl2N3O7/c1-15-18(29)7-6-9-21(15)33-27(36)17(26(35)32-28(33)37)11-16-12-19(30)25(23(13-16)39-3)40-14-24(34)31-20-8-4-5-10-22(20)38-2/h4-13H,14H2,1-3H3,(H,31,34)(H,32,35,37)/b17-11-. The van der Waals surface area contributed by atoms with E-state index in [-0.39, 0.29) is 27.8 Å². The first-order valence-corrected chi connectivity index (χ1v) is 12.5. The van der Waals surface area contributed by atoms with Gasteiger partial charge in [-0.1, -0.05) is 41.4 Å². The number of rotatable bonds is 8. The van der Waals surface area contributed by atoms with Gasteiger partial charge in [0.25, 0.3) is 17.7 Å². The van der Waals surface area contributed by atoms with Crippen molar-refractivity contribution in [3.63, 3.8) is 0 Å². The van der Waals surface area contributed by atoms with E-state index >= 15 is 0 Å². The molecule has 1 aliphatic heterocycles. The summed E-state index contributed by atoms with van der Waals surface area (Å²) in [6.45, 7) is 1.25. The molecular formula is C28H23Cl2N3O7. The molecule has 0 unspecified atom stereocenters. The molecule has 1 fully saturated rings. The second-order valence-corrected chi connectivity index (χ2v) is 9.23. The number of hydrogen-bond donors (Lipinski definition) is 2. The van der Waals surface area contributed by atoms with E-state index in [0.717, 1.165) is 4.90 Å². The average Bonchev–Trinajstić information content (AvgIpc) is 2.92. The monoisotopic (exact) mass is 583 g/mol. The molecular weight excluding hydrogens is 561 g/mol. The number of ether oxygens (including phenoxy) is 3. The predicted molar refractivity (Wildman–Crippen MR) is 150 cm³/mol. The van der Waals surface area contributed by atoms with Gasteiger partial charge in [0.15, 0.2) is 18.1 Å². The Morgan fingerprint density at radius 3 is 2.42 bits per heavy atom. The highest BCUT2D eigenvalue weighted by atomic mass is 35.5. The fourth-order valence-electron chi connectivity index (χ4n) is 3.92. The number of nitrogens with one attached hydrogen (secondary N) is 2. The van der Waals surface area contributed by atoms with Gasteiger partial charge in [0.1, 0.15) is 11.3 Å². The Morgan fingerprint density at radius 1 is 0.975 bits per heavy atom. The molecule has 0 spiro atoms. The molecule has 2 N–H and O–H groups in total. The van der Waals surface area contributed by atoms with Crippen molar-refractivity contribution in [1.82, 2.24) is 5.32 Å².